The molecule has 4 rings (SSSR count). The lowest BCUT2D eigenvalue weighted by Crippen LogP contribution is -2.51. The lowest BCUT2D eigenvalue weighted by atomic mass is 9.72. The predicted molar refractivity (Wildman–Crippen MR) is 98.5 cm³/mol. The molecule has 5 nitrogen and oxygen atoms in total. The molecule has 1 saturated heterocycles. The van der Waals surface area contributed by atoms with Crippen LogP contribution in [-0.2, 0) is 16.0 Å². The molecule has 0 spiro atoms. The van der Waals surface area contributed by atoms with Crippen molar-refractivity contribution in [3.63, 3.8) is 0 Å². The Labute approximate surface area is 148 Å². The zero-order valence-electron chi connectivity index (χ0n) is 14.8. The van der Waals surface area contributed by atoms with E-state index in [1.165, 1.54) is 22.0 Å². The summed E-state index contributed by atoms with van der Waals surface area (Å²) in [5, 5.41) is 1.42. The number of aromatic nitrogens is 1. The van der Waals surface area contributed by atoms with Crippen molar-refractivity contribution in [3.8, 4) is 0 Å². The molecule has 3 N–H and O–H groups in total. The van der Waals surface area contributed by atoms with Crippen LogP contribution in [0.15, 0.2) is 24.4 Å². The Bertz CT molecular complexity index is 769. The van der Waals surface area contributed by atoms with Crippen molar-refractivity contribution in [1.82, 2.24) is 9.88 Å². The molecule has 0 bridgehead atoms. The minimum Gasteiger partial charge on any atom is -0.464 e. The van der Waals surface area contributed by atoms with Gasteiger partial charge in [0.15, 0.2) is 0 Å². The molecule has 2 aromatic rings. The Balaban J connectivity index is 1.63. The van der Waals surface area contributed by atoms with Gasteiger partial charge in [0.2, 0.25) is 0 Å². The molecule has 1 aromatic carbocycles. The summed E-state index contributed by atoms with van der Waals surface area (Å²) in [5.41, 5.74) is 9.52. The summed E-state index contributed by atoms with van der Waals surface area (Å²) in [6, 6.07) is 7.16. The Morgan fingerprint density at radius 1 is 1.44 bits per heavy atom. The van der Waals surface area contributed by atoms with Gasteiger partial charge in [-0.05, 0) is 43.0 Å². The fourth-order valence-corrected chi connectivity index (χ4v) is 4.83. The van der Waals surface area contributed by atoms with E-state index >= 15 is 0 Å². The molecule has 0 radical (unpaired) electrons. The molecule has 25 heavy (non-hydrogen) atoms. The van der Waals surface area contributed by atoms with Crippen LogP contribution < -0.4 is 5.73 Å². The highest BCUT2D eigenvalue weighted by Gasteiger charge is 2.40. The maximum atomic E-state index is 11.5. The van der Waals surface area contributed by atoms with Crippen LogP contribution in [0.1, 0.15) is 36.8 Å². The molecule has 3 atom stereocenters. The van der Waals surface area contributed by atoms with Gasteiger partial charge in [0.05, 0.1) is 13.2 Å². The Hall–Kier alpha value is -1.85. The zero-order chi connectivity index (χ0) is 17.4. The SMILES string of the molecule is CCCN1C[C@H](COC(=O)CN)C[C@@H]2c3cccc4[nH]cc(c34)C[C@H]21. The van der Waals surface area contributed by atoms with Crippen molar-refractivity contribution < 1.29 is 9.53 Å². The molecular formula is C20H27N3O2. The molecule has 2 aliphatic rings. The third kappa shape index (κ3) is 2.96. The third-order valence-corrected chi connectivity index (χ3v) is 5.82. The first-order valence-corrected chi connectivity index (χ1v) is 9.39. The number of H-pyrrole nitrogens is 1. The van der Waals surface area contributed by atoms with E-state index in [-0.39, 0.29) is 12.5 Å². The van der Waals surface area contributed by atoms with Crippen LogP contribution in [0.4, 0.5) is 0 Å². The molecule has 1 aliphatic carbocycles. The Kier molecular flexibility index (Phi) is 4.52. The number of nitrogens with one attached hydrogen (secondary N) is 1. The van der Waals surface area contributed by atoms with Gasteiger partial charge < -0.3 is 15.5 Å². The molecular weight excluding hydrogens is 314 g/mol. The summed E-state index contributed by atoms with van der Waals surface area (Å²) in [6.07, 6.45) is 5.51. The van der Waals surface area contributed by atoms with Crippen molar-refractivity contribution >= 4 is 16.9 Å². The number of fused-ring (bicyclic) bond motifs is 2. The van der Waals surface area contributed by atoms with Gasteiger partial charge in [-0.1, -0.05) is 19.1 Å². The van der Waals surface area contributed by atoms with E-state index in [4.69, 9.17) is 10.5 Å². The van der Waals surface area contributed by atoms with Crippen molar-refractivity contribution in [3.05, 3.63) is 35.5 Å². The van der Waals surface area contributed by atoms with Crippen LogP contribution in [0, 0.1) is 5.92 Å². The van der Waals surface area contributed by atoms with Gasteiger partial charge in [-0.3, -0.25) is 9.69 Å². The van der Waals surface area contributed by atoms with Gasteiger partial charge in [-0.15, -0.1) is 0 Å². The number of ether oxygens (including phenoxy) is 1. The van der Waals surface area contributed by atoms with E-state index in [0.717, 1.165) is 32.4 Å². The molecule has 1 aromatic heterocycles. The summed E-state index contributed by atoms with van der Waals surface area (Å²) in [5.74, 6) is 0.579. The summed E-state index contributed by atoms with van der Waals surface area (Å²) in [4.78, 5) is 17.5. The number of aromatic amines is 1. The summed E-state index contributed by atoms with van der Waals surface area (Å²) < 4.78 is 5.37. The van der Waals surface area contributed by atoms with Gasteiger partial charge in [0, 0.05) is 41.5 Å². The monoisotopic (exact) mass is 341 g/mol. The van der Waals surface area contributed by atoms with E-state index < -0.39 is 0 Å². The van der Waals surface area contributed by atoms with Crippen molar-refractivity contribution in [2.24, 2.45) is 11.7 Å². The average Bonchev–Trinajstić information content (AvgIpc) is 3.05. The van der Waals surface area contributed by atoms with Crippen LogP contribution in [0.25, 0.3) is 10.9 Å². The molecule has 1 fully saturated rings. The van der Waals surface area contributed by atoms with Crippen LogP contribution in [-0.4, -0.2) is 48.1 Å². The number of esters is 1. The molecule has 5 heteroatoms. The normalized spacial score (nSPS) is 25.8. The Morgan fingerprint density at radius 3 is 3.12 bits per heavy atom. The summed E-state index contributed by atoms with van der Waals surface area (Å²) >= 11 is 0. The fourth-order valence-electron chi connectivity index (χ4n) is 4.83. The van der Waals surface area contributed by atoms with Crippen LogP contribution in [0.5, 0.6) is 0 Å². The quantitative estimate of drug-likeness (QED) is 0.819. The Morgan fingerprint density at radius 2 is 2.32 bits per heavy atom. The number of piperidine rings is 1. The fraction of sp³-hybridized carbons (Fsp3) is 0.550. The van der Waals surface area contributed by atoms with Crippen molar-refractivity contribution in [2.45, 2.75) is 38.1 Å². The van der Waals surface area contributed by atoms with Gasteiger partial charge >= 0.3 is 5.97 Å². The van der Waals surface area contributed by atoms with E-state index in [9.17, 15) is 4.79 Å². The zero-order valence-corrected chi connectivity index (χ0v) is 14.8. The first-order valence-electron chi connectivity index (χ1n) is 9.39. The van der Waals surface area contributed by atoms with Gasteiger partial charge in [0.25, 0.3) is 0 Å². The van der Waals surface area contributed by atoms with Crippen molar-refractivity contribution in [1.29, 1.82) is 0 Å². The second-order valence-electron chi connectivity index (χ2n) is 7.45. The minimum atomic E-state index is -0.303. The summed E-state index contributed by atoms with van der Waals surface area (Å²) in [6.45, 7) is 4.78. The minimum absolute atomic E-state index is 0.0382. The van der Waals surface area contributed by atoms with Gasteiger partial charge in [-0.2, -0.15) is 0 Å². The molecule has 1 aliphatic heterocycles. The lowest BCUT2D eigenvalue weighted by molar-refractivity contribution is -0.144. The van der Waals surface area contributed by atoms with Gasteiger partial charge in [0.1, 0.15) is 0 Å². The maximum Gasteiger partial charge on any atom is 0.319 e. The number of hydrogen-bond acceptors (Lipinski definition) is 4. The first kappa shape index (κ1) is 16.6. The number of likely N-dealkylation sites (tertiary alicyclic amines) is 1. The maximum absolute atomic E-state index is 11.5. The summed E-state index contributed by atoms with van der Waals surface area (Å²) in [7, 11) is 0. The number of carbonyl (C=O) groups is 1. The highest BCUT2D eigenvalue weighted by molar-refractivity contribution is 5.88. The van der Waals surface area contributed by atoms with E-state index in [2.05, 4.69) is 41.2 Å². The number of hydrogen-bond donors (Lipinski definition) is 2. The highest BCUT2D eigenvalue weighted by atomic mass is 16.5. The number of nitrogens with two attached hydrogens (primary N) is 1. The second kappa shape index (κ2) is 6.81. The molecule has 2 heterocycles. The third-order valence-electron chi connectivity index (χ3n) is 5.82. The van der Waals surface area contributed by atoms with E-state index in [1.54, 1.807) is 0 Å². The topological polar surface area (TPSA) is 71.3 Å². The first-order chi connectivity index (χ1) is 12.2. The largest absolute Gasteiger partial charge is 0.464 e. The van der Waals surface area contributed by atoms with E-state index in [1.807, 2.05) is 0 Å². The predicted octanol–water partition coefficient (Wildman–Crippen LogP) is 2.41. The number of nitrogens with zero attached hydrogens (tertiary/aromatic N) is 1. The van der Waals surface area contributed by atoms with E-state index in [0.29, 0.717) is 24.5 Å². The lowest BCUT2D eigenvalue weighted by Gasteiger charge is -2.47. The van der Waals surface area contributed by atoms with Crippen molar-refractivity contribution in [2.75, 3.05) is 26.2 Å². The highest BCUT2D eigenvalue weighted by Crippen LogP contribution is 2.44. The smallest absolute Gasteiger partial charge is 0.319 e. The number of carbonyl (C=O) groups excluding carboxylic acids is 1. The molecule has 0 unspecified atom stereocenters. The molecule has 134 valence electrons. The molecule has 0 saturated carbocycles. The van der Waals surface area contributed by atoms with Crippen LogP contribution >= 0.6 is 0 Å². The van der Waals surface area contributed by atoms with Crippen LogP contribution in [0.3, 0.4) is 0 Å². The standard InChI is InChI=1S/C20H27N3O2/c1-2-6-23-11-13(12-25-19(24)9-21)7-16-15-4-3-5-17-20(15)14(10-22-17)8-18(16)23/h3-5,10,13,16,18,22H,2,6-9,11-12,21H2,1H3/t13-,16-,18-/m1/s1. The molecule has 0 amide bonds. The van der Waals surface area contributed by atoms with Gasteiger partial charge in [-0.25, -0.2) is 0 Å². The average molecular weight is 341 g/mol. The van der Waals surface area contributed by atoms with Crippen LogP contribution in [0.2, 0.25) is 0 Å². The second-order valence-corrected chi connectivity index (χ2v) is 7.45. The number of rotatable bonds is 5. The number of benzene rings is 1.